The van der Waals surface area contributed by atoms with Crippen LogP contribution in [0.3, 0.4) is 0 Å². The van der Waals surface area contributed by atoms with Crippen LogP contribution in [0.2, 0.25) is 0 Å². The maximum Gasteiger partial charge on any atom is 0.340 e. The Balaban J connectivity index is 1.94. The highest BCUT2D eigenvalue weighted by Crippen LogP contribution is 2.42. The van der Waals surface area contributed by atoms with Gasteiger partial charge in [0.15, 0.2) is 5.44 Å². The molecule has 0 fully saturated rings. The largest absolute Gasteiger partial charge is 0.508 e. The molecule has 0 bridgehead atoms. The maximum absolute atomic E-state index is 11.9. The molecule has 0 aliphatic carbocycles. The van der Waals surface area contributed by atoms with Crippen molar-refractivity contribution in [2.75, 3.05) is 0 Å². The third-order valence-electron chi connectivity index (χ3n) is 2.72. The molecule has 0 spiro atoms. The molecule has 2 aromatic rings. The van der Waals surface area contributed by atoms with Crippen molar-refractivity contribution < 1.29 is 14.6 Å². The van der Waals surface area contributed by atoms with Gasteiger partial charge in [0, 0.05) is 10.5 Å². The van der Waals surface area contributed by atoms with E-state index in [0.717, 1.165) is 10.5 Å². The molecular weight excluding hydrogens is 248 g/mol. The van der Waals surface area contributed by atoms with Crippen LogP contribution in [0.25, 0.3) is 0 Å². The van der Waals surface area contributed by atoms with Gasteiger partial charge in [-0.2, -0.15) is 0 Å². The zero-order valence-electron chi connectivity index (χ0n) is 9.37. The fourth-order valence-corrected chi connectivity index (χ4v) is 2.90. The Morgan fingerprint density at radius 2 is 1.78 bits per heavy atom. The van der Waals surface area contributed by atoms with Crippen LogP contribution in [-0.2, 0) is 4.74 Å². The number of carbonyl (C=O) groups excluding carboxylic acids is 1. The molecule has 1 atom stereocenters. The molecule has 1 heterocycles. The summed E-state index contributed by atoms with van der Waals surface area (Å²) >= 11 is 1.50. The lowest BCUT2D eigenvalue weighted by atomic mass is 10.2. The van der Waals surface area contributed by atoms with Crippen LogP contribution in [0.1, 0.15) is 21.4 Å². The number of benzene rings is 2. The molecule has 0 amide bonds. The molecule has 18 heavy (non-hydrogen) atoms. The summed E-state index contributed by atoms with van der Waals surface area (Å²) in [4.78, 5) is 12.8. The Bertz CT molecular complexity index is 592. The van der Waals surface area contributed by atoms with Gasteiger partial charge in [-0.1, -0.05) is 36.0 Å². The van der Waals surface area contributed by atoms with E-state index in [0.29, 0.717) is 5.56 Å². The highest BCUT2D eigenvalue weighted by molar-refractivity contribution is 7.99. The minimum absolute atomic E-state index is 0.200. The van der Waals surface area contributed by atoms with Gasteiger partial charge in [0.25, 0.3) is 0 Å². The first-order chi connectivity index (χ1) is 8.74. The molecule has 90 valence electrons. The number of carbonyl (C=O) groups is 1. The average molecular weight is 258 g/mol. The lowest BCUT2D eigenvalue weighted by Gasteiger charge is -2.24. The Morgan fingerprint density at radius 1 is 1.06 bits per heavy atom. The summed E-state index contributed by atoms with van der Waals surface area (Å²) in [7, 11) is 0. The highest BCUT2D eigenvalue weighted by Gasteiger charge is 2.27. The van der Waals surface area contributed by atoms with Crippen molar-refractivity contribution in [2.45, 2.75) is 10.3 Å². The molecule has 3 nitrogen and oxygen atoms in total. The van der Waals surface area contributed by atoms with Crippen molar-refractivity contribution in [1.29, 1.82) is 0 Å². The Hall–Kier alpha value is -1.94. The van der Waals surface area contributed by atoms with Crippen LogP contribution >= 0.6 is 11.8 Å². The van der Waals surface area contributed by atoms with Crippen LogP contribution in [0.5, 0.6) is 5.75 Å². The molecule has 1 aliphatic rings. The van der Waals surface area contributed by atoms with E-state index in [9.17, 15) is 9.90 Å². The summed E-state index contributed by atoms with van der Waals surface area (Å²) in [6.07, 6.45) is 0. The van der Waals surface area contributed by atoms with E-state index in [1.54, 1.807) is 30.3 Å². The quantitative estimate of drug-likeness (QED) is 0.797. The summed E-state index contributed by atoms with van der Waals surface area (Å²) < 4.78 is 5.38. The van der Waals surface area contributed by atoms with Gasteiger partial charge in [-0.3, -0.25) is 0 Å². The maximum atomic E-state index is 11.9. The number of phenols is 1. The molecule has 0 saturated carbocycles. The number of cyclic esters (lactones) is 1. The minimum atomic E-state index is -0.354. The zero-order chi connectivity index (χ0) is 12.5. The van der Waals surface area contributed by atoms with Crippen molar-refractivity contribution in [3.63, 3.8) is 0 Å². The first kappa shape index (κ1) is 11.2. The Kier molecular flexibility index (Phi) is 2.72. The number of thioether (sulfide) groups is 1. The van der Waals surface area contributed by atoms with Crippen molar-refractivity contribution in [2.24, 2.45) is 0 Å². The fourth-order valence-electron chi connectivity index (χ4n) is 1.81. The SMILES string of the molecule is O=C1O[C@@H](c2ccc(O)cc2)Sc2ccccc21. The molecular formula is C14H10O3S. The van der Waals surface area contributed by atoms with Crippen molar-refractivity contribution in [3.8, 4) is 5.75 Å². The molecule has 0 saturated heterocycles. The molecule has 0 aromatic heterocycles. The molecule has 2 aromatic carbocycles. The van der Waals surface area contributed by atoms with Crippen LogP contribution in [0.15, 0.2) is 53.4 Å². The van der Waals surface area contributed by atoms with Gasteiger partial charge in [-0.15, -0.1) is 0 Å². The summed E-state index contributed by atoms with van der Waals surface area (Å²) in [6.45, 7) is 0. The van der Waals surface area contributed by atoms with Gasteiger partial charge in [0.2, 0.25) is 0 Å². The van der Waals surface area contributed by atoms with Crippen molar-refractivity contribution in [3.05, 3.63) is 59.7 Å². The number of esters is 1. The van der Waals surface area contributed by atoms with Crippen LogP contribution in [0, 0.1) is 0 Å². The number of ether oxygens (including phenoxy) is 1. The summed E-state index contributed by atoms with van der Waals surface area (Å²) in [5.74, 6) is -0.103. The van der Waals surface area contributed by atoms with Gasteiger partial charge in [0.05, 0.1) is 5.56 Å². The van der Waals surface area contributed by atoms with Crippen molar-refractivity contribution in [1.82, 2.24) is 0 Å². The summed E-state index contributed by atoms with van der Waals surface area (Å²) in [5.41, 5.74) is 1.12. The van der Waals surface area contributed by atoms with Crippen molar-refractivity contribution >= 4 is 17.7 Å². The van der Waals surface area contributed by atoms with E-state index < -0.39 is 0 Å². The number of hydrogen-bond acceptors (Lipinski definition) is 4. The van der Waals surface area contributed by atoms with Crippen LogP contribution in [0.4, 0.5) is 0 Å². The van der Waals surface area contributed by atoms with Crippen LogP contribution in [-0.4, -0.2) is 11.1 Å². The second-order valence-electron chi connectivity index (χ2n) is 3.94. The smallest absolute Gasteiger partial charge is 0.340 e. The lowest BCUT2D eigenvalue weighted by Crippen LogP contribution is -2.15. The van der Waals surface area contributed by atoms with E-state index in [-0.39, 0.29) is 17.2 Å². The van der Waals surface area contributed by atoms with Gasteiger partial charge in [-0.05, 0) is 24.3 Å². The fraction of sp³-hybridized carbons (Fsp3) is 0.0714. The summed E-state index contributed by atoms with van der Waals surface area (Å²) in [6, 6.07) is 14.1. The third-order valence-corrected chi connectivity index (χ3v) is 3.91. The lowest BCUT2D eigenvalue weighted by molar-refractivity contribution is 0.0440. The number of hydrogen-bond donors (Lipinski definition) is 1. The van der Waals surface area contributed by atoms with Gasteiger partial charge >= 0.3 is 5.97 Å². The Labute approximate surface area is 108 Å². The topological polar surface area (TPSA) is 46.5 Å². The van der Waals surface area contributed by atoms with E-state index in [1.165, 1.54) is 11.8 Å². The molecule has 3 rings (SSSR count). The van der Waals surface area contributed by atoms with Gasteiger partial charge < -0.3 is 9.84 Å². The third kappa shape index (κ3) is 1.95. The molecule has 1 N–H and O–H groups in total. The number of rotatable bonds is 1. The van der Waals surface area contributed by atoms with E-state index >= 15 is 0 Å². The monoisotopic (exact) mass is 258 g/mol. The van der Waals surface area contributed by atoms with E-state index in [4.69, 9.17) is 4.74 Å². The predicted octanol–water partition coefficient (Wildman–Crippen LogP) is 3.35. The molecule has 0 unspecified atom stereocenters. The predicted molar refractivity (Wildman–Crippen MR) is 68.6 cm³/mol. The van der Waals surface area contributed by atoms with Gasteiger partial charge in [-0.25, -0.2) is 4.79 Å². The number of phenolic OH excluding ortho intramolecular Hbond substituents is 1. The van der Waals surface area contributed by atoms with Crippen LogP contribution < -0.4 is 0 Å². The summed E-state index contributed by atoms with van der Waals surface area (Å²) in [5, 5.41) is 9.25. The highest BCUT2D eigenvalue weighted by atomic mass is 32.2. The zero-order valence-corrected chi connectivity index (χ0v) is 10.2. The second-order valence-corrected chi connectivity index (χ2v) is 5.05. The minimum Gasteiger partial charge on any atom is -0.508 e. The first-order valence-corrected chi connectivity index (χ1v) is 6.37. The number of aromatic hydroxyl groups is 1. The normalized spacial score (nSPS) is 18.0. The van der Waals surface area contributed by atoms with E-state index in [2.05, 4.69) is 0 Å². The number of fused-ring (bicyclic) bond motifs is 1. The molecule has 0 radical (unpaired) electrons. The Morgan fingerprint density at radius 3 is 2.56 bits per heavy atom. The molecule has 4 heteroatoms. The van der Waals surface area contributed by atoms with Gasteiger partial charge in [0.1, 0.15) is 5.75 Å². The second kappa shape index (κ2) is 4.38. The first-order valence-electron chi connectivity index (χ1n) is 5.49. The molecule has 1 aliphatic heterocycles. The average Bonchev–Trinajstić information content (AvgIpc) is 2.39. The van der Waals surface area contributed by atoms with E-state index in [1.807, 2.05) is 18.2 Å². The standard InChI is InChI=1S/C14H10O3S/c15-10-7-5-9(6-8-10)14-17-13(16)11-3-1-2-4-12(11)18-14/h1-8,14-15H/t14-/m1/s1.